The third-order valence-electron chi connectivity index (χ3n) is 3.07. The van der Waals surface area contributed by atoms with Crippen LogP contribution in [0.1, 0.15) is 22.9 Å². The molecule has 0 saturated heterocycles. The molecule has 2 aromatic carbocycles. The summed E-state index contributed by atoms with van der Waals surface area (Å²) < 4.78 is 0. The molecular weight excluding hydrogens is 208 g/mol. The molecule has 0 aliphatic rings. The Balaban J connectivity index is 2.19. The van der Waals surface area contributed by atoms with Crippen molar-refractivity contribution < 1.29 is 0 Å². The summed E-state index contributed by atoms with van der Waals surface area (Å²) in [5.41, 5.74) is 10.8. The van der Waals surface area contributed by atoms with E-state index in [1.54, 1.807) is 0 Å². The summed E-state index contributed by atoms with van der Waals surface area (Å²) >= 11 is 0. The monoisotopic (exact) mass is 226 g/mol. The van der Waals surface area contributed by atoms with E-state index in [9.17, 15) is 0 Å². The lowest BCUT2D eigenvalue weighted by molar-refractivity contribution is 0.834. The second kappa shape index (κ2) is 5.02. The molecule has 0 aliphatic heterocycles. The zero-order valence-electron chi connectivity index (χ0n) is 10.3. The number of nitrogens with one attached hydrogen (secondary N) is 1. The molecule has 2 rings (SSSR count). The first-order valence-electron chi connectivity index (χ1n) is 5.82. The van der Waals surface area contributed by atoms with E-state index in [0.29, 0.717) is 0 Å². The van der Waals surface area contributed by atoms with Crippen molar-refractivity contribution in [3.8, 4) is 0 Å². The molecule has 0 spiro atoms. The molecule has 17 heavy (non-hydrogen) atoms. The van der Waals surface area contributed by atoms with Crippen molar-refractivity contribution in [2.75, 3.05) is 5.32 Å². The maximum atomic E-state index is 6.13. The number of anilines is 1. The summed E-state index contributed by atoms with van der Waals surface area (Å²) in [5, 5.41) is 3.35. The van der Waals surface area contributed by atoms with Crippen molar-refractivity contribution in [2.24, 2.45) is 5.73 Å². The molecule has 0 amide bonds. The van der Waals surface area contributed by atoms with Gasteiger partial charge in [-0.3, -0.25) is 0 Å². The van der Waals surface area contributed by atoms with Gasteiger partial charge in [-0.25, -0.2) is 0 Å². The summed E-state index contributed by atoms with van der Waals surface area (Å²) in [5.74, 6) is 0. The van der Waals surface area contributed by atoms with E-state index < -0.39 is 0 Å². The van der Waals surface area contributed by atoms with Gasteiger partial charge in [0.05, 0.1) is 0 Å². The van der Waals surface area contributed by atoms with E-state index in [2.05, 4.69) is 31.3 Å². The third-order valence-corrected chi connectivity index (χ3v) is 3.07. The van der Waals surface area contributed by atoms with Crippen LogP contribution in [0.3, 0.4) is 0 Å². The first-order chi connectivity index (χ1) is 8.18. The second-order valence-corrected chi connectivity index (χ2v) is 4.28. The highest BCUT2D eigenvalue weighted by atomic mass is 15.0. The molecule has 0 aromatic heterocycles. The fourth-order valence-electron chi connectivity index (χ4n) is 1.82. The Bertz CT molecular complexity index is 492. The minimum absolute atomic E-state index is 0.170. The Kier molecular flexibility index (Phi) is 3.45. The molecule has 0 fully saturated rings. The molecule has 3 N–H and O–H groups in total. The van der Waals surface area contributed by atoms with Crippen molar-refractivity contribution in [3.05, 3.63) is 65.2 Å². The molecule has 0 heterocycles. The minimum Gasteiger partial charge on any atom is -0.366 e. The summed E-state index contributed by atoms with van der Waals surface area (Å²) in [6, 6.07) is 16.3. The van der Waals surface area contributed by atoms with Crippen LogP contribution in [0, 0.1) is 13.8 Å². The van der Waals surface area contributed by atoms with E-state index >= 15 is 0 Å². The van der Waals surface area contributed by atoms with Crippen LogP contribution < -0.4 is 11.1 Å². The van der Waals surface area contributed by atoms with Crippen LogP contribution >= 0.6 is 0 Å². The Morgan fingerprint density at radius 1 is 0.941 bits per heavy atom. The minimum atomic E-state index is -0.170. The molecule has 0 aliphatic carbocycles. The quantitative estimate of drug-likeness (QED) is 0.787. The van der Waals surface area contributed by atoms with Crippen molar-refractivity contribution in [1.29, 1.82) is 0 Å². The van der Waals surface area contributed by atoms with Gasteiger partial charge in [0, 0.05) is 5.69 Å². The average Bonchev–Trinajstić information content (AvgIpc) is 2.36. The molecule has 2 aromatic rings. The SMILES string of the molecule is Cc1cccc(NC(N)c2ccccc2)c1C. The lowest BCUT2D eigenvalue weighted by atomic mass is 10.1. The molecule has 2 nitrogen and oxygen atoms in total. The van der Waals surface area contributed by atoms with Crippen molar-refractivity contribution in [3.63, 3.8) is 0 Å². The molecule has 0 saturated carbocycles. The number of rotatable bonds is 3. The van der Waals surface area contributed by atoms with E-state index in [1.165, 1.54) is 11.1 Å². The van der Waals surface area contributed by atoms with Crippen LogP contribution in [0.15, 0.2) is 48.5 Å². The summed E-state index contributed by atoms with van der Waals surface area (Å²) in [6.45, 7) is 4.21. The van der Waals surface area contributed by atoms with Gasteiger partial charge in [0.15, 0.2) is 0 Å². The van der Waals surface area contributed by atoms with Gasteiger partial charge in [0.2, 0.25) is 0 Å². The normalized spacial score (nSPS) is 12.2. The first-order valence-corrected chi connectivity index (χ1v) is 5.82. The molecule has 1 unspecified atom stereocenters. The molecule has 0 bridgehead atoms. The van der Waals surface area contributed by atoms with E-state index in [4.69, 9.17) is 5.73 Å². The number of aryl methyl sites for hydroxylation is 1. The molecule has 1 atom stereocenters. The zero-order valence-corrected chi connectivity index (χ0v) is 10.3. The van der Waals surface area contributed by atoms with Gasteiger partial charge in [0.25, 0.3) is 0 Å². The van der Waals surface area contributed by atoms with Crippen LogP contribution in [0.5, 0.6) is 0 Å². The summed E-state index contributed by atoms with van der Waals surface area (Å²) in [4.78, 5) is 0. The Morgan fingerprint density at radius 2 is 1.65 bits per heavy atom. The highest BCUT2D eigenvalue weighted by Gasteiger charge is 2.07. The maximum Gasteiger partial charge on any atom is 0.101 e. The summed E-state index contributed by atoms with van der Waals surface area (Å²) in [7, 11) is 0. The molecule has 2 heteroatoms. The maximum absolute atomic E-state index is 6.13. The number of benzene rings is 2. The second-order valence-electron chi connectivity index (χ2n) is 4.28. The molecule has 0 radical (unpaired) electrons. The Labute approximate surface area is 102 Å². The van der Waals surface area contributed by atoms with Gasteiger partial charge in [0.1, 0.15) is 6.17 Å². The van der Waals surface area contributed by atoms with E-state index in [-0.39, 0.29) is 6.17 Å². The predicted molar refractivity (Wildman–Crippen MR) is 72.9 cm³/mol. The highest BCUT2D eigenvalue weighted by Crippen LogP contribution is 2.21. The Hall–Kier alpha value is -1.80. The van der Waals surface area contributed by atoms with Crippen molar-refractivity contribution in [1.82, 2.24) is 0 Å². The highest BCUT2D eigenvalue weighted by molar-refractivity contribution is 5.54. The van der Waals surface area contributed by atoms with Crippen LogP contribution in [0.2, 0.25) is 0 Å². The number of hydrogen-bond donors (Lipinski definition) is 2. The first kappa shape index (κ1) is 11.7. The van der Waals surface area contributed by atoms with E-state index in [0.717, 1.165) is 11.3 Å². The van der Waals surface area contributed by atoms with Gasteiger partial charge in [-0.2, -0.15) is 0 Å². The van der Waals surface area contributed by atoms with Crippen molar-refractivity contribution >= 4 is 5.69 Å². The fourth-order valence-corrected chi connectivity index (χ4v) is 1.82. The van der Waals surface area contributed by atoms with Crippen molar-refractivity contribution in [2.45, 2.75) is 20.0 Å². The van der Waals surface area contributed by atoms with E-state index in [1.807, 2.05) is 36.4 Å². The molecular formula is C15H18N2. The summed E-state index contributed by atoms with van der Waals surface area (Å²) in [6.07, 6.45) is -0.170. The standard InChI is InChI=1S/C15H18N2/c1-11-7-6-10-14(12(11)2)17-15(16)13-8-4-3-5-9-13/h3-10,15,17H,16H2,1-2H3. The smallest absolute Gasteiger partial charge is 0.101 e. The van der Waals surface area contributed by atoms with Crippen LogP contribution in [-0.4, -0.2) is 0 Å². The van der Waals surface area contributed by atoms with Gasteiger partial charge in [-0.15, -0.1) is 0 Å². The fraction of sp³-hybridized carbons (Fsp3) is 0.200. The zero-order chi connectivity index (χ0) is 12.3. The largest absolute Gasteiger partial charge is 0.366 e. The third kappa shape index (κ3) is 2.66. The average molecular weight is 226 g/mol. The topological polar surface area (TPSA) is 38.0 Å². The van der Waals surface area contributed by atoms with Gasteiger partial charge in [-0.1, -0.05) is 42.5 Å². The lowest BCUT2D eigenvalue weighted by Gasteiger charge is -2.18. The van der Waals surface area contributed by atoms with Gasteiger partial charge < -0.3 is 11.1 Å². The number of nitrogens with two attached hydrogens (primary N) is 1. The number of hydrogen-bond acceptors (Lipinski definition) is 2. The lowest BCUT2D eigenvalue weighted by Crippen LogP contribution is -2.20. The van der Waals surface area contributed by atoms with Crippen LogP contribution in [0.4, 0.5) is 5.69 Å². The van der Waals surface area contributed by atoms with Gasteiger partial charge in [-0.05, 0) is 36.6 Å². The van der Waals surface area contributed by atoms with Crippen LogP contribution in [-0.2, 0) is 0 Å². The van der Waals surface area contributed by atoms with Crippen LogP contribution in [0.25, 0.3) is 0 Å². The van der Waals surface area contributed by atoms with Gasteiger partial charge >= 0.3 is 0 Å². The Morgan fingerprint density at radius 3 is 2.35 bits per heavy atom. The molecule has 88 valence electrons. The predicted octanol–water partition coefficient (Wildman–Crippen LogP) is 3.37.